The molecule has 0 fully saturated rings. The quantitative estimate of drug-likeness (QED) is 0.759. The molecule has 0 aliphatic heterocycles. The van der Waals surface area contributed by atoms with Gasteiger partial charge in [-0.2, -0.15) is 0 Å². The molecule has 0 radical (unpaired) electrons. The van der Waals surface area contributed by atoms with Crippen molar-refractivity contribution in [2.24, 2.45) is 0 Å². The fraction of sp³-hybridized carbons (Fsp3) is 0.263. The van der Waals surface area contributed by atoms with Crippen LogP contribution in [0.15, 0.2) is 53.4 Å². The normalized spacial score (nSPS) is 11.1. The topological polar surface area (TPSA) is 95.6 Å². The molecular weight excluding hydrogens is 366 g/mol. The van der Waals surface area contributed by atoms with Crippen LogP contribution >= 0.6 is 0 Å². The number of anilines is 2. The van der Waals surface area contributed by atoms with Crippen LogP contribution in [0.25, 0.3) is 0 Å². The van der Waals surface area contributed by atoms with Crippen LogP contribution in [0.2, 0.25) is 0 Å². The zero-order chi connectivity index (χ0) is 20.0. The SMILES string of the molecule is CC(=O)Nc1ccc(S(=O)(=O)NCCN(C(C)=O)c2ccc(C)cc2)cc1. The summed E-state index contributed by atoms with van der Waals surface area (Å²) >= 11 is 0. The Morgan fingerprint density at radius 2 is 1.56 bits per heavy atom. The number of hydrogen-bond acceptors (Lipinski definition) is 4. The second-order valence-corrected chi connectivity index (χ2v) is 7.88. The summed E-state index contributed by atoms with van der Waals surface area (Å²) in [7, 11) is -3.72. The monoisotopic (exact) mass is 389 g/mol. The van der Waals surface area contributed by atoms with E-state index in [4.69, 9.17) is 0 Å². The van der Waals surface area contributed by atoms with Crippen LogP contribution in [0.1, 0.15) is 19.4 Å². The fourth-order valence-electron chi connectivity index (χ4n) is 2.49. The molecule has 2 rings (SSSR count). The van der Waals surface area contributed by atoms with Crippen molar-refractivity contribution in [2.45, 2.75) is 25.7 Å². The number of hydrogen-bond donors (Lipinski definition) is 2. The summed E-state index contributed by atoms with van der Waals surface area (Å²) in [5, 5.41) is 2.58. The smallest absolute Gasteiger partial charge is 0.240 e. The van der Waals surface area contributed by atoms with E-state index in [-0.39, 0.29) is 29.8 Å². The van der Waals surface area contributed by atoms with Crippen LogP contribution < -0.4 is 14.9 Å². The highest BCUT2D eigenvalue weighted by molar-refractivity contribution is 7.89. The number of amides is 2. The van der Waals surface area contributed by atoms with Crippen molar-refractivity contribution in [3.63, 3.8) is 0 Å². The van der Waals surface area contributed by atoms with E-state index < -0.39 is 10.0 Å². The van der Waals surface area contributed by atoms with E-state index in [0.29, 0.717) is 11.4 Å². The first-order chi connectivity index (χ1) is 12.7. The summed E-state index contributed by atoms with van der Waals surface area (Å²) in [5.41, 5.74) is 2.31. The molecule has 144 valence electrons. The van der Waals surface area contributed by atoms with Gasteiger partial charge in [0.05, 0.1) is 4.90 Å². The second-order valence-electron chi connectivity index (χ2n) is 6.11. The Bertz CT molecular complexity index is 907. The number of nitrogens with one attached hydrogen (secondary N) is 2. The predicted molar refractivity (Wildman–Crippen MR) is 105 cm³/mol. The molecule has 0 heterocycles. The number of carbonyl (C=O) groups excluding carboxylic acids is 2. The van der Waals surface area contributed by atoms with Gasteiger partial charge in [-0.15, -0.1) is 0 Å². The minimum Gasteiger partial charge on any atom is -0.326 e. The highest BCUT2D eigenvalue weighted by Crippen LogP contribution is 2.16. The maximum Gasteiger partial charge on any atom is 0.240 e. The summed E-state index contributed by atoms with van der Waals surface area (Å²) in [5.74, 6) is -0.401. The van der Waals surface area contributed by atoms with Crippen molar-refractivity contribution in [3.8, 4) is 0 Å². The lowest BCUT2D eigenvalue weighted by Gasteiger charge is -2.21. The summed E-state index contributed by atoms with van der Waals surface area (Å²) < 4.78 is 27.3. The van der Waals surface area contributed by atoms with Crippen LogP contribution in [-0.2, 0) is 19.6 Å². The van der Waals surface area contributed by atoms with E-state index >= 15 is 0 Å². The average Bonchev–Trinajstić information content (AvgIpc) is 2.59. The molecule has 0 aliphatic carbocycles. The van der Waals surface area contributed by atoms with Gasteiger partial charge in [0, 0.05) is 38.3 Å². The van der Waals surface area contributed by atoms with Crippen LogP contribution in [0, 0.1) is 6.92 Å². The molecule has 2 aromatic carbocycles. The third-order valence-corrected chi connectivity index (χ3v) is 5.32. The van der Waals surface area contributed by atoms with Crippen LogP contribution in [-0.4, -0.2) is 33.3 Å². The number of nitrogens with zero attached hydrogens (tertiary/aromatic N) is 1. The number of benzene rings is 2. The first kappa shape index (κ1) is 20.6. The van der Waals surface area contributed by atoms with E-state index in [9.17, 15) is 18.0 Å². The molecule has 0 unspecified atom stereocenters. The highest BCUT2D eigenvalue weighted by Gasteiger charge is 2.16. The molecule has 2 amide bonds. The van der Waals surface area contributed by atoms with Gasteiger partial charge in [-0.1, -0.05) is 17.7 Å². The minimum absolute atomic E-state index is 0.0727. The van der Waals surface area contributed by atoms with Gasteiger partial charge in [-0.25, -0.2) is 13.1 Å². The zero-order valence-electron chi connectivity index (χ0n) is 15.5. The number of rotatable bonds is 7. The molecule has 27 heavy (non-hydrogen) atoms. The number of aryl methyl sites for hydroxylation is 1. The van der Waals surface area contributed by atoms with Gasteiger partial charge < -0.3 is 10.2 Å². The van der Waals surface area contributed by atoms with E-state index in [2.05, 4.69) is 10.0 Å². The largest absolute Gasteiger partial charge is 0.326 e. The third-order valence-electron chi connectivity index (χ3n) is 3.84. The van der Waals surface area contributed by atoms with Gasteiger partial charge in [-0.3, -0.25) is 9.59 Å². The molecule has 0 saturated carbocycles. The maximum atomic E-state index is 12.4. The molecule has 8 heteroatoms. The van der Waals surface area contributed by atoms with Gasteiger partial charge >= 0.3 is 0 Å². The lowest BCUT2D eigenvalue weighted by molar-refractivity contribution is -0.116. The summed E-state index contributed by atoms with van der Waals surface area (Å²) in [6.07, 6.45) is 0. The Balaban J connectivity index is 2.02. The van der Waals surface area contributed by atoms with E-state index in [1.54, 1.807) is 0 Å². The molecule has 0 bridgehead atoms. The van der Waals surface area contributed by atoms with E-state index in [1.165, 1.54) is 43.0 Å². The fourth-order valence-corrected chi connectivity index (χ4v) is 3.51. The summed E-state index contributed by atoms with van der Waals surface area (Å²) in [6.45, 7) is 5.05. The highest BCUT2D eigenvalue weighted by atomic mass is 32.2. The van der Waals surface area contributed by atoms with Crippen LogP contribution in [0.3, 0.4) is 0 Å². The molecule has 7 nitrogen and oxygen atoms in total. The molecule has 0 spiro atoms. The first-order valence-electron chi connectivity index (χ1n) is 8.41. The number of carbonyl (C=O) groups is 2. The van der Waals surface area contributed by atoms with Crippen molar-refractivity contribution >= 4 is 33.2 Å². The van der Waals surface area contributed by atoms with Crippen molar-refractivity contribution < 1.29 is 18.0 Å². The molecule has 2 N–H and O–H groups in total. The van der Waals surface area contributed by atoms with Crippen molar-refractivity contribution in [3.05, 3.63) is 54.1 Å². The van der Waals surface area contributed by atoms with Crippen molar-refractivity contribution in [1.82, 2.24) is 4.72 Å². The third kappa shape index (κ3) is 5.90. The van der Waals surface area contributed by atoms with E-state index in [0.717, 1.165) is 5.56 Å². The van der Waals surface area contributed by atoms with Crippen molar-refractivity contribution in [2.75, 3.05) is 23.3 Å². The Morgan fingerprint density at radius 3 is 2.07 bits per heavy atom. The Kier molecular flexibility index (Phi) is 6.70. The van der Waals surface area contributed by atoms with Gasteiger partial charge in [0.1, 0.15) is 0 Å². The van der Waals surface area contributed by atoms with Gasteiger partial charge in [0.2, 0.25) is 21.8 Å². The lowest BCUT2D eigenvalue weighted by Crippen LogP contribution is -2.37. The Morgan fingerprint density at radius 1 is 0.963 bits per heavy atom. The molecule has 0 atom stereocenters. The van der Waals surface area contributed by atoms with Crippen LogP contribution in [0.5, 0.6) is 0 Å². The number of sulfonamides is 1. The maximum absolute atomic E-state index is 12.4. The summed E-state index contributed by atoms with van der Waals surface area (Å²) in [4.78, 5) is 24.5. The molecular formula is C19H23N3O4S. The zero-order valence-corrected chi connectivity index (χ0v) is 16.3. The average molecular weight is 389 g/mol. The van der Waals surface area contributed by atoms with Crippen molar-refractivity contribution in [1.29, 1.82) is 0 Å². The molecule has 0 aliphatic rings. The van der Waals surface area contributed by atoms with Gasteiger partial charge in [0.25, 0.3) is 0 Å². The van der Waals surface area contributed by atoms with Gasteiger partial charge in [-0.05, 0) is 43.3 Å². The summed E-state index contributed by atoms with van der Waals surface area (Å²) in [6, 6.07) is 13.3. The molecule has 0 saturated heterocycles. The second kappa shape index (κ2) is 8.79. The lowest BCUT2D eigenvalue weighted by atomic mass is 10.2. The van der Waals surface area contributed by atoms with E-state index in [1.807, 2.05) is 31.2 Å². The van der Waals surface area contributed by atoms with Crippen LogP contribution in [0.4, 0.5) is 11.4 Å². The standard InChI is InChI=1S/C19H23N3O4S/c1-14-4-8-18(9-5-14)22(16(3)24)13-12-20-27(25,26)19-10-6-17(7-11-19)21-15(2)23/h4-11,20H,12-13H2,1-3H3,(H,21,23). The predicted octanol–water partition coefficient (Wildman–Crippen LogP) is 2.28. The first-order valence-corrected chi connectivity index (χ1v) is 9.89. The Labute approximate surface area is 159 Å². The molecule has 0 aromatic heterocycles. The molecule has 2 aromatic rings. The Hall–Kier alpha value is -2.71. The minimum atomic E-state index is -3.72. The van der Waals surface area contributed by atoms with Gasteiger partial charge in [0.15, 0.2) is 0 Å².